The van der Waals surface area contributed by atoms with Crippen molar-refractivity contribution in [3.63, 3.8) is 0 Å². The van der Waals surface area contributed by atoms with E-state index in [2.05, 4.69) is 65.4 Å². The van der Waals surface area contributed by atoms with Gasteiger partial charge in [0.05, 0.1) is 0 Å². The molecule has 0 amide bonds. The van der Waals surface area contributed by atoms with Crippen LogP contribution in [0, 0.1) is 6.92 Å². The normalized spacial score (nSPS) is 13.0. The molecule has 0 saturated heterocycles. The van der Waals surface area contributed by atoms with Crippen molar-refractivity contribution in [3.8, 4) is 0 Å². The van der Waals surface area contributed by atoms with Crippen LogP contribution in [0.25, 0.3) is 21.8 Å². The van der Waals surface area contributed by atoms with E-state index in [0.29, 0.717) is 5.92 Å². The molecule has 0 aliphatic heterocycles. The highest BCUT2D eigenvalue weighted by Crippen LogP contribution is 2.31. The molecule has 1 unspecified atom stereocenters. The Morgan fingerprint density at radius 2 is 1.48 bits per heavy atom. The van der Waals surface area contributed by atoms with Crippen molar-refractivity contribution in [3.05, 3.63) is 79.0 Å². The number of aromatic nitrogens is 2. The van der Waals surface area contributed by atoms with Gasteiger partial charge >= 0.3 is 0 Å². The maximum Gasteiger partial charge on any atom is 0.0456 e. The molecule has 0 saturated carbocycles. The van der Waals surface area contributed by atoms with Crippen LogP contribution in [0.2, 0.25) is 0 Å². The Kier molecular flexibility index (Phi) is 2.81. The van der Waals surface area contributed by atoms with E-state index < -0.39 is 0 Å². The molecule has 0 bridgehead atoms. The monoisotopic (exact) mass is 273 g/mol. The van der Waals surface area contributed by atoms with Gasteiger partial charge in [0.2, 0.25) is 0 Å². The van der Waals surface area contributed by atoms with Crippen molar-refractivity contribution in [1.82, 2.24) is 9.97 Å². The molecule has 2 aromatic heterocycles. The third-order valence-corrected chi connectivity index (χ3v) is 4.25. The lowest BCUT2D eigenvalue weighted by molar-refractivity contribution is 0.830. The predicted molar refractivity (Wildman–Crippen MR) is 88.4 cm³/mol. The average Bonchev–Trinajstić information content (AvgIpc) is 3.15. The highest BCUT2D eigenvalue weighted by Gasteiger charge is 2.13. The van der Waals surface area contributed by atoms with Crippen LogP contribution in [0.5, 0.6) is 0 Å². The number of nitrogens with one attached hydrogen (secondary N) is 2. The lowest BCUT2D eigenvalue weighted by Crippen LogP contribution is -1.99. The molecule has 0 fully saturated rings. The number of rotatable bonds is 3. The Hall–Kier alpha value is -2.48. The van der Waals surface area contributed by atoms with Gasteiger partial charge in [-0.05, 0) is 58.7 Å². The highest BCUT2D eigenvalue weighted by atomic mass is 14.7. The van der Waals surface area contributed by atoms with Crippen molar-refractivity contribution in [2.45, 2.75) is 12.3 Å². The van der Waals surface area contributed by atoms with Gasteiger partial charge < -0.3 is 9.97 Å². The molecule has 1 atom stereocenters. The van der Waals surface area contributed by atoms with E-state index in [4.69, 9.17) is 0 Å². The van der Waals surface area contributed by atoms with Gasteiger partial charge in [-0.2, -0.15) is 0 Å². The SMILES string of the molecule is [CH2]CC(c1ccc2[nH]ccc2c1)c1ccc2cc[nH]c2c1. The Bertz CT molecular complexity index is 824. The Morgan fingerprint density at radius 3 is 2.33 bits per heavy atom. The number of benzene rings is 2. The van der Waals surface area contributed by atoms with E-state index >= 15 is 0 Å². The molecular weight excluding hydrogens is 256 g/mol. The highest BCUT2D eigenvalue weighted by molar-refractivity contribution is 5.81. The topological polar surface area (TPSA) is 31.6 Å². The lowest BCUT2D eigenvalue weighted by Gasteiger charge is -2.16. The molecule has 0 aliphatic carbocycles. The summed E-state index contributed by atoms with van der Waals surface area (Å²) in [6.07, 6.45) is 4.82. The fourth-order valence-corrected chi connectivity index (χ4v) is 3.10. The summed E-state index contributed by atoms with van der Waals surface area (Å²) < 4.78 is 0. The van der Waals surface area contributed by atoms with Crippen LogP contribution in [0.4, 0.5) is 0 Å². The van der Waals surface area contributed by atoms with Gasteiger partial charge in [-0.25, -0.2) is 0 Å². The first-order valence-corrected chi connectivity index (χ1v) is 7.28. The van der Waals surface area contributed by atoms with E-state index in [1.165, 1.54) is 32.9 Å². The summed E-state index contributed by atoms with van der Waals surface area (Å²) in [6.45, 7) is 4.16. The van der Waals surface area contributed by atoms with Crippen LogP contribution in [0.3, 0.4) is 0 Å². The molecule has 2 nitrogen and oxygen atoms in total. The summed E-state index contributed by atoms with van der Waals surface area (Å²) in [4.78, 5) is 6.53. The second-order valence-electron chi connectivity index (χ2n) is 5.49. The van der Waals surface area contributed by atoms with Gasteiger partial charge in [0, 0.05) is 29.3 Å². The van der Waals surface area contributed by atoms with E-state index in [1.807, 2.05) is 12.4 Å². The maximum atomic E-state index is 4.16. The zero-order valence-electron chi connectivity index (χ0n) is 11.8. The Balaban J connectivity index is 1.81. The van der Waals surface area contributed by atoms with Crippen LogP contribution in [-0.4, -0.2) is 9.97 Å². The van der Waals surface area contributed by atoms with Crippen LogP contribution < -0.4 is 0 Å². The third-order valence-electron chi connectivity index (χ3n) is 4.25. The quantitative estimate of drug-likeness (QED) is 0.526. The second kappa shape index (κ2) is 4.81. The fourth-order valence-electron chi connectivity index (χ4n) is 3.10. The smallest absolute Gasteiger partial charge is 0.0456 e. The average molecular weight is 273 g/mol. The molecule has 0 spiro atoms. The lowest BCUT2D eigenvalue weighted by atomic mass is 9.88. The number of fused-ring (bicyclic) bond motifs is 2. The molecular formula is C19H17N2. The summed E-state index contributed by atoms with van der Waals surface area (Å²) in [5.41, 5.74) is 5.01. The zero-order valence-corrected chi connectivity index (χ0v) is 11.8. The standard InChI is InChI=1S/C19H17N2/c1-2-17(14-5-6-18-16(11-14)8-10-20-18)15-4-3-13-7-9-21-19(13)12-15/h3-12,17,20-21H,1-2H2. The first kappa shape index (κ1) is 12.3. The Morgan fingerprint density at radius 1 is 0.762 bits per heavy atom. The van der Waals surface area contributed by atoms with Crippen LogP contribution in [0.1, 0.15) is 23.5 Å². The number of H-pyrrole nitrogens is 2. The summed E-state index contributed by atoms with van der Waals surface area (Å²) in [6, 6.07) is 17.5. The molecule has 2 heteroatoms. The van der Waals surface area contributed by atoms with Crippen molar-refractivity contribution in [1.29, 1.82) is 0 Å². The van der Waals surface area contributed by atoms with Crippen molar-refractivity contribution in [2.75, 3.05) is 0 Å². The van der Waals surface area contributed by atoms with Crippen molar-refractivity contribution in [2.24, 2.45) is 0 Å². The molecule has 103 valence electrons. The van der Waals surface area contributed by atoms with E-state index in [0.717, 1.165) is 6.42 Å². The molecule has 1 radical (unpaired) electrons. The van der Waals surface area contributed by atoms with Crippen molar-refractivity contribution >= 4 is 21.8 Å². The molecule has 4 aromatic rings. The van der Waals surface area contributed by atoms with Gasteiger partial charge in [-0.15, -0.1) is 0 Å². The van der Waals surface area contributed by atoms with E-state index in [-0.39, 0.29) is 0 Å². The molecule has 2 aromatic carbocycles. The zero-order chi connectivity index (χ0) is 14.2. The molecule has 2 N–H and O–H groups in total. The minimum atomic E-state index is 0.331. The van der Waals surface area contributed by atoms with Gasteiger partial charge in [-0.3, -0.25) is 0 Å². The molecule has 0 aliphatic rings. The first-order valence-electron chi connectivity index (χ1n) is 7.28. The van der Waals surface area contributed by atoms with Crippen LogP contribution in [-0.2, 0) is 0 Å². The van der Waals surface area contributed by atoms with Crippen molar-refractivity contribution < 1.29 is 0 Å². The predicted octanol–water partition coefficient (Wildman–Crippen LogP) is 5.01. The van der Waals surface area contributed by atoms with Gasteiger partial charge in [0.15, 0.2) is 0 Å². The summed E-state index contributed by atoms with van der Waals surface area (Å²) in [5.74, 6) is 0.331. The molecule has 4 rings (SSSR count). The largest absolute Gasteiger partial charge is 0.361 e. The maximum absolute atomic E-state index is 4.16. The Labute approximate surface area is 123 Å². The molecule has 21 heavy (non-hydrogen) atoms. The minimum Gasteiger partial charge on any atom is -0.361 e. The summed E-state index contributed by atoms with van der Waals surface area (Å²) in [7, 11) is 0. The van der Waals surface area contributed by atoms with Crippen LogP contribution >= 0.6 is 0 Å². The number of aromatic amines is 2. The minimum absolute atomic E-state index is 0.331. The van der Waals surface area contributed by atoms with E-state index in [1.54, 1.807) is 0 Å². The van der Waals surface area contributed by atoms with Gasteiger partial charge in [0.25, 0.3) is 0 Å². The number of hydrogen-bond acceptors (Lipinski definition) is 0. The molecule has 2 heterocycles. The van der Waals surface area contributed by atoms with Crippen LogP contribution in [0.15, 0.2) is 60.9 Å². The second-order valence-corrected chi connectivity index (χ2v) is 5.49. The summed E-state index contributed by atoms with van der Waals surface area (Å²) in [5, 5.41) is 2.51. The number of hydrogen-bond donors (Lipinski definition) is 2. The van der Waals surface area contributed by atoms with Gasteiger partial charge in [-0.1, -0.05) is 25.1 Å². The fraction of sp³-hybridized carbons (Fsp3) is 0.105. The summed E-state index contributed by atoms with van der Waals surface area (Å²) >= 11 is 0. The first-order chi connectivity index (χ1) is 10.3. The van der Waals surface area contributed by atoms with Gasteiger partial charge in [0.1, 0.15) is 0 Å². The third kappa shape index (κ3) is 2.04. The van der Waals surface area contributed by atoms with E-state index in [9.17, 15) is 0 Å².